The number of benzene rings is 2. The third-order valence-electron chi connectivity index (χ3n) is 4.57. The van der Waals surface area contributed by atoms with Gasteiger partial charge in [-0.15, -0.1) is 0 Å². The summed E-state index contributed by atoms with van der Waals surface area (Å²) in [6, 6.07) is 12.2. The molecule has 1 fully saturated rings. The van der Waals surface area contributed by atoms with Gasteiger partial charge in [0.15, 0.2) is 0 Å². The molecule has 0 aromatic heterocycles. The SMILES string of the molecule is CNC(=O)c1cccc(NC(=O)c2ccc(N3CCCC3=O)cc2)c1C. The minimum atomic E-state index is -0.263. The van der Waals surface area contributed by atoms with E-state index in [0.29, 0.717) is 28.8 Å². The number of hydrogen-bond acceptors (Lipinski definition) is 3. The Morgan fingerprint density at radius 2 is 1.77 bits per heavy atom. The van der Waals surface area contributed by atoms with Gasteiger partial charge in [-0.05, 0) is 55.3 Å². The van der Waals surface area contributed by atoms with Gasteiger partial charge in [0.05, 0.1) is 0 Å². The molecule has 3 rings (SSSR count). The van der Waals surface area contributed by atoms with Gasteiger partial charge in [0.1, 0.15) is 0 Å². The molecule has 26 heavy (non-hydrogen) atoms. The molecule has 0 spiro atoms. The van der Waals surface area contributed by atoms with Gasteiger partial charge in [0.25, 0.3) is 11.8 Å². The molecule has 0 radical (unpaired) electrons. The van der Waals surface area contributed by atoms with Crippen LogP contribution in [-0.4, -0.2) is 31.3 Å². The van der Waals surface area contributed by atoms with Crippen LogP contribution in [-0.2, 0) is 4.79 Å². The molecule has 134 valence electrons. The van der Waals surface area contributed by atoms with Crippen LogP contribution >= 0.6 is 0 Å². The Morgan fingerprint density at radius 1 is 1.04 bits per heavy atom. The van der Waals surface area contributed by atoms with E-state index in [1.165, 1.54) is 0 Å². The van der Waals surface area contributed by atoms with E-state index in [1.54, 1.807) is 61.3 Å². The molecule has 0 unspecified atom stereocenters. The number of carbonyl (C=O) groups is 3. The minimum absolute atomic E-state index is 0.115. The lowest BCUT2D eigenvalue weighted by Crippen LogP contribution is -2.23. The third kappa shape index (κ3) is 3.44. The average Bonchev–Trinajstić information content (AvgIpc) is 3.09. The Bertz CT molecular complexity index is 859. The highest BCUT2D eigenvalue weighted by Gasteiger charge is 2.21. The number of nitrogens with one attached hydrogen (secondary N) is 2. The van der Waals surface area contributed by atoms with E-state index in [0.717, 1.165) is 18.7 Å². The molecule has 2 N–H and O–H groups in total. The number of anilines is 2. The second-order valence-corrected chi connectivity index (χ2v) is 6.21. The number of nitrogens with zero attached hydrogens (tertiary/aromatic N) is 1. The molecule has 0 saturated carbocycles. The molecule has 6 nitrogen and oxygen atoms in total. The molecule has 2 aromatic rings. The maximum absolute atomic E-state index is 12.5. The van der Waals surface area contributed by atoms with E-state index in [4.69, 9.17) is 0 Å². The summed E-state index contributed by atoms with van der Waals surface area (Å²) >= 11 is 0. The largest absolute Gasteiger partial charge is 0.355 e. The molecule has 0 aliphatic carbocycles. The van der Waals surface area contributed by atoms with Gasteiger partial charge in [-0.1, -0.05) is 6.07 Å². The van der Waals surface area contributed by atoms with Crippen molar-refractivity contribution in [1.29, 1.82) is 0 Å². The van der Waals surface area contributed by atoms with Crippen LogP contribution in [0.5, 0.6) is 0 Å². The van der Waals surface area contributed by atoms with Crippen molar-refractivity contribution < 1.29 is 14.4 Å². The zero-order chi connectivity index (χ0) is 18.7. The van der Waals surface area contributed by atoms with Crippen molar-refractivity contribution in [3.8, 4) is 0 Å². The highest BCUT2D eigenvalue weighted by Crippen LogP contribution is 2.23. The zero-order valence-electron chi connectivity index (χ0n) is 14.8. The maximum Gasteiger partial charge on any atom is 0.255 e. The lowest BCUT2D eigenvalue weighted by molar-refractivity contribution is -0.117. The monoisotopic (exact) mass is 351 g/mol. The first-order chi connectivity index (χ1) is 12.5. The summed E-state index contributed by atoms with van der Waals surface area (Å²) in [6.07, 6.45) is 1.44. The lowest BCUT2D eigenvalue weighted by Gasteiger charge is -2.16. The van der Waals surface area contributed by atoms with Gasteiger partial charge in [-0.2, -0.15) is 0 Å². The highest BCUT2D eigenvalue weighted by atomic mass is 16.2. The molecule has 0 atom stereocenters. The lowest BCUT2D eigenvalue weighted by atomic mass is 10.1. The van der Waals surface area contributed by atoms with Crippen molar-refractivity contribution in [1.82, 2.24) is 5.32 Å². The summed E-state index contributed by atoms with van der Waals surface area (Å²) in [4.78, 5) is 37.9. The Kier molecular flexibility index (Phi) is 5.02. The Labute approximate surface area is 152 Å². The van der Waals surface area contributed by atoms with Crippen LogP contribution in [0.1, 0.15) is 39.1 Å². The molecule has 1 heterocycles. The third-order valence-corrected chi connectivity index (χ3v) is 4.57. The minimum Gasteiger partial charge on any atom is -0.355 e. The van der Waals surface area contributed by atoms with Crippen LogP contribution in [0.15, 0.2) is 42.5 Å². The molecule has 1 aliphatic heterocycles. The second kappa shape index (κ2) is 7.39. The van der Waals surface area contributed by atoms with Gasteiger partial charge in [-0.25, -0.2) is 0 Å². The summed E-state index contributed by atoms with van der Waals surface area (Å²) < 4.78 is 0. The van der Waals surface area contributed by atoms with Crippen molar-refractivity contribution in [2.75, 3.05) is 23.8 Å². The normalized spacial score (nSPS) is 13.6. The average molecular weight is 351 g/mol. The number of hydrogen-bond donors (Lipinski definition) is 2. The maximum atomic E-state index is 12.5. The van der Waals surface area contributed by atoms with Crippen LogP contribution < -0.4 is 15.5 Å². The van der Waals surface area contributed by atoms with Crippen LogP contribution in [0.25, 0.3) is 0 Å². The van der Waals surface area contributed by atoms with Crippen molar-refractivity contribution in [3.05, 3.63) is 59.2 Å². The fourth-order valence-electron chi connectivity index (χ4n) is 3.06. The highest BCUT2D eigenvalue weighted by molar-refractivity contribution is 6.06. The molecular formula is C20H21N3O3. The van der Waals surface area contributed by atoms with Crippen molar-refractivity contribution in [2.24, 2.45) is 0 Å². The van der Waals surface area contributed by atoms with Crippen LogP contribution in [0.3, 0.4) is 0 Å². The Balaban J connectivity index is 1.76. The smallest absolute Gasteiger partial charge is 0.255 e. The van der Waals surface area contributed by atoms with Crippen molar-refractivity contribution in [2.45, 2.75) is 19.8 Å². The van der Waals surface area contributed by atoms with Gasteiger partial charge in [-0.3, -0.25) is 14.4 Å². The number of rotatable bonds is 4. The molecule has 0 bridgehead atoms. The van der Waals surface area contributed by atoms with Crippen LogP contribution in [0.2, 0.25) is 0 Å². The summed E-state index contributed by atoms with van der Waals surface area (Å²) in [5.74, 6) is -0.344. The first-order valence-corrected chi connectivity index (χ1v) is 8.54. The van der Waals surface area contributed by atoms with E-state index in [9.17, 15) is 14.4 Å². The summed E-state index contributed by atoms with van der Waals surface area (Å²) in [5, 5.41) is 5.43. The van der Waals surface area contributed by atoms with Gasteiger partial charge in [0, 0.05) is 42.5 Å². The molecule has 1 saturated heterocycles. The van der Waals surface area contributed by atoms with Gasteiger partial charge < -0.3 is 15.5 Å². The van der Waals surface area contributed by atoms with Crippen LogP contribution in [0, 0.1) is 6.92 Å². The molecule has 1 aliphatic rings. The van der Waals surface area contributed by atoms with Crippen LogP contribution in [0.4, 0.5) is 11.4 Å². The van der Waals surface area contributed by atoms with E-state index >= 15 is 0 Å². The van der Waals surface area contributed by atoms with Gasteiger partial charge >= 0.3 is 0 Å². The quantitative estimate of drug-likeness (QED) is 0.889. The van der Waals surface area contributed by atoms with E-state index in [2.05, 4.69) is 10.6 Å². The second-order valence-electron chi connectivity index (χ2n) is 6.21. The topological polar surface area (TPSA) is 78.5 Å². The van der Waals surface area contributed by atoms with E-state index in [1.807, 2.05) is 0 Å². The summed E-state index contributed by atoms with van der Waals surface area (Å²) in [6.45, 7) is 2.51. The molecule has 6 heteroatoms. The summed E-state index contributed by atoms with van der Waals surface area (Å²) in [7, 11) is 1.57. The predicted octanol–water partition coefficient (Wildman–Crippen LogP) is 2.73. The Morgan fingerprint density at radius 3 is 2.38 bits per heavy atom. The number of amides is 3. The molecular weight excluding hydrogens is 330 g/mol. The van der Waals surface area contributed by atoms with E-state index in [-0.39, 0.29) is 17.7 Å². The fraction of sp³-hybridized carbons (Fsp3) is 0.250. The first kappa shape index (κ1) is 17.7. The van der Waals surface area contributed by atoms with Crippen molar-refractivity contribution in [3.63, 3.8) is 0 Å². The van der Waals surface area contributed by atoms with Gasteiger partial charge in [0.2, 0.25) is 5.91 Å². The predicted molar refractivity (Wildman–Crippen MR) is 101 cm³/mol. The van der Waals surface area contributed by atoms with Crippen molar-refractivity contribution >= 4 is 29.1 Å². The Hall–Kier alpha value is -3.15. The first-order valence-electron chi connectivity index (χ1n) is 8.54. The molecule has 3 amide bonds. The standard InChI is InChI=1S/C20H21N3O3/c1-13-16(20(26)21-2)5-3-6-17(13)22-19(25)14-8-10-15(11-9-14)23-12-4-7-18(23)24/h3,5-6,8-11H,4,7,12H2,1-2H3,(H,21,26)(H,22,25). The number of carbonyl (C=O) groups excluding carboxylic acids is 3. The fourth-order valence-corrected chi connectivity index (χ4v) is 3.06. The zero-order valence-corrected chi connectivity index (χ0v) is 14.8. The molecule has 2 aromatic carbocycles. The van der Waals surface area contributed by atoms with E-state index < -0.39 is 0 Å². The summed E-state index contributed by atoms with van der Waals surface area (Å²) in [5.41, 5.74) is 3.12.